The first-order chi connectivity index (χ1) is 8.20. The fraction of sp³-hybridized carbons (Fsp3) is 1.00. The van der Waals surface area contributed by atoms with Crippen molar-refractivity contribution in [2.75, 3.05) is 0 Å². The summed E-state index contributed by atoms with van der Waals surface area (Å²) in [5, 5.41) is 0. The summed E-state index contributed by atoms with van der Waals surface area (Å²) in [6.45, 7) is 15.9. The predicted molar refractivity (Wildman–Crippen MR) is 75.3 cm³/mol. The average Bonchev–Trinajstić information content (AvgIpc) is 2.12. The lowest BCUT2D eigenvalue weighted by Gasteiger charge is -2.34. The number of hydrogen-bond donors (Lipinski definition) is 0. The third kappa shape index (κ3) is 7.48. The third-order valence-electron chi connectivity index (χ3n) is 2.06. The van der Waals surface area contributed by atoms with Crippen LogP contribution in [0.4, 0.5) is 0 Å². The second kappa shape index (κ2) is 8.27. The van der Waals surface area contributed by atoms with E-state index in [2.05, 4.69) is 6.92 Å². The summed E-state index contributed by atoms with van der Waals surface area (Å²) in [4.78, 5) is 0. The van der Waals surface area contributed by atoms with Gasteiger partial charge in [0, 0.05) is 24.4 Å². The van der Waals surface area contributed by atoms with Gasteiger partial charge in [-0.1, -0.05) is 6.92 Å². The van der Waals surface area contributed by atoms with Crippen LogP contribution in [0.15, 0.2) is 0 Å². The van der Waals surface area contributed by atoms with Crippen molar-refractivity contribution in [3.63, 3.8) is 0 Å². The molecule has 0 N–H and O–H groups in total. The van der Waals surface area contributed by atoms with E-state index >= 15 is 0 Å². The molecule has 0 aliphatic heterocycles. The van der Waals surface area contributed by atoms with Crippen molar-refractivity contribution in [3.8, 4) is 0 Å². The lowest BCUT2D eigenvalue weighted by Crippen LogP contribution is -2.55. The summed E-state index contributed by atoms with van der Waals surface area (Å²) in [5.41, 5.74) is 0. The Kier molecular flexibility index (Phi) is 8.30. The van der Waals surface area contributed by atoms with Gasteiger partial charge in [0.25, 0.3) is 0 Å². The topological polar surface area (TPSA) is 36.9 Å². The van der Waals surface area contributed by atoms with E-state index in [4.69, 9.17) is 17.7 Å². The van der Waals surface area contributed by atoms with Gasteiger partial charge < -0.3 is 17.7 Å². The highest BCUT2D eigenvalue weighted by Crippen LogP contribution is 2.21. The number of hydrogen-bond acceptors (Lipinski definition) is 4. The molecule has 0 aliphatic carbocycles. The fourth-order valence-electron chi connectivity index (χ4n) is 1.36. The van der Waals surface area contributed by atoms with Gasteiger partial charge in [-0.05, 0) is 54.9 Å². The minimum Gasteiger partial charge on any atom is -0.349 e. The Morgan fingerprint density at radius 3 is 1.22 bits per heavy atom. The van der Waals surface area contributed by atoms with Crippen molar-refractivity contribution in [1.29, 1.82) is 0 Å². The van der Waals surface area contributed by atoms with E-state index in [0.717, 1.165) is 6.42 Å². The normalized spacial score (nSPS) is 14.8. The quantitative estimate of drug-likeness (QED) is 0.605. The van der Waals surface area contributed by atoms with Gasteiger partial charge in [-0.2, -0.15) is 0 Å². The molecule has 0 aromatic carbocycles. The molecule has 0 heterocycles. The van der Waals surface area contributed by atoms with Gasteiger partial charge >= 0.3 is 9.05 Å². The van der Waals surface area contributed by atoms with Crippen molar-refractivity contribution in [3.05, 3.63) is 0 Å². The van der Waals surface area contributed by atoms with Crippen molar-refractivity contribution in [2.24, 2.45) is 0 Å². The van der Waals surface area contributed by atoms with E-state index in [0.29, 0.717) is 0 Å². The van der Waals surface area contributed by atoms with Crippen LogP contribution in [0.5, 0.6) is 0 Å². The fourth-order valence-corrected chi connectivity index (χ4v) is 4.09. The summed E-state index contributed by atoms with van der Waals surface area (Å²) in [6.07, 6.45) is 1.00. The molecule has 5 heteroatoms. The summed E-state index contributed by atoms with van der Waals surface area (Å²) >= 11 is 0. The molecule has 1 unspecified atom stereocenters. The molecular formula is C13H30O4Si. The first kappa shape index (κ1) is 18.1. The highest BCUT2D eigenvalue weighted by atomic mass is 28.4. The molecule has 18 heavy (non-hydrogen) atoms. The van der Waals surface area contributed by atoms with Crippen molar-refractivity contribution in [1.82, 2.24) is 0 Å². The number of rotatable bonds is 9. The van der Waals surface area contributed by atoms with Gasteiger partial charge in [-0.3, -0.25) is 0 Å². The van der Waals surface area contributed by atoms with Crippen molar-refractivity contribution < 1.29 is 17.7 Å². The molecule has 0 saturated carbocycles. The SMILES string of the molecule is CCC(C)O[Si](OC(C)C)(OC(C)C)OC(C)C. The monoisotopic (exact) mass is 278 g/mol. The Bertz CT molecular complexity index is 193. The summed E-state index contributed by atoms with van der Waals surface area (Å²) in [5.74, 6) is 0. The molecule has 0 saturated heterocycles. The maximum atomic E-state index is 5.99. The van der Waals surface area contributed by atoms with Crippen LogP contribution < -0.4 is 0 Å². The van der Waals surface area contributed by atoms with Crippen LogP contribution in [0.3, 0.4) is 0 Å². The summed E-state index contributed by atoms with van der Waals surface area (Å²) < 4.78 is 23.7. The molecule has 0 radical (unpaired) electrons. The summed E-state index contributed by atoms with van der Waals surface area (Å²) in [7, 11) is -3.07. The van der Waals surface area contributed by atoms with Crippen LogP contribution in [-0.2, 0) is 17.7 Å². The van der Waals surface area contributed by atoms with Crippen molar-refractivity contribution in [2.45, 2.75) is 86.2 Å². The van der Waals surface area contributed by atoms with E-state index < -0.39 is 9.05 Å². The van der Waals surface area contributed by atoms with Gasteiger partial charge in [0.05, 0.1) is 0 Å². The van der Waals surface area contributed by atoms with Gasteiger partial charge in [0.15, 0.2) is 0 Å². The van der Waals surface area contributed by atoms with E-state index in [1.54, 1.807) is 0 Å². The van der Waals surface area contributed by atoms with Crippen LogP contribution in [0.2, 0.25) is 0 Å². The van der Waals surface area contributed by atoms with Crippen LogP contribution in [0, 0.1) is 0 Å². The lowest BCUT2D eigenvalue weighted by molar-refractivity contribution is -0.0888. The molecule has 4 nitrogen and oxygen atoms in total. The predicted octanol–water partition coefficient (Wildman–Crippen LogP) is 3.51. The molecule has 1 atom stereocenters. The highest BCUT2D eigenvalue weighted by Gasteiger charge is 2.49. The highest BCUT2D eigenvalue weighted by molar-refractivity contribution is 6.53. The zero-order valence-corrected chi connectivity index (χ0v) is 14.1. The van der Waals surface area contributed by atoms with E-state index in [9.17, 15) is 0 Å². The molecule has 0 aromatic rings. The first-order valence-corrected chi connectivity index (χ1v) is 8.55. The average molecular weight is 278 g/mol. The maximum absolute atomic E-state index is 5.99. The molecule has 110 valence electrons. The lowest BCUT2D eigenvalue weighted by atomic mass is 10.3. The van der Waals surface area contributed by atoms with E-state index in [1.165, 1.54) is 0 Å². The Morgan fingerprint density at radius 1 is 0.667 bits per heavy atom. The van der Waals surface area contributed by atoms with Gasteiger partial charge in [-0.15, -0.1) is 0 Å². The second-order valence-corrected chi connectivity index (χ2v) is 7.28. The van der Waals surface area contributed by atoms with Crippen LogP contribution in [-0.4, -0.2) is 33.5 Å². The molecule has 0 aliphatic rings. The Labute approximate surface area is 113 Å². The molecular weight excluding hydrogens is 248 g/mol. The molecule has 0 aromatic heterocycles. The second-order valence-electron chi connectivity index (χ2n) is 5.34. The minimum absolute atomic E-state index is 0.0122. The Hall–Kier alpha value is 0.0569. The third-order valence-corrected chi connectivity index (χ3v) is 5.03. The first-order valence-electron chi connectivity index (χ1n) is 6.92. The summed E-state index contributed by atoms with van der Waals surface area (Å²) in [6, 6.07) is 0. The van der Waals surface area contributed by atoms with Gasteiger partial charge in [0.1, 0.15) is 0 Å². The van der Waals surface area contributed by atoms with Crippen molar-refractivity contribution >= 4 is 9.05 Å². The Morgan fingerprint density at radius 2 is 1.00 bits per heavy atom. The van der Waals surface area contributed by atoms with E-state index in [-0.39, 0.29) is 24.4 Å². The van der Waals surface area contributed by atoms with Gasteiger partial charge in [0.2, 0.25) is 0 Å². The van der Waals surface area contributed by atoms with Crippen LogP contribution in [0.1, 0.15) is 61.8 Å². The smallest absolute Gasteiger partial charge is 0.349 e. The molecule has 0 fully saturated rings. The maximum Gasteiger partial charge on any atom is 0.680 e. The zero-order valence-electron chi connectivity index (χ0n) is 13.1. The molecule has 0 amide bonds. The minimum atomic E-state index is -3.07. The largest absolute Gasteiger partial charge is 0.680 e. The van der Waals surface area contributed by atoms with E-state index in [1.807, 2.05) is 48.5 Å². The molecule has 0 rings (SSSR count). The zero-order chi connectivity index (χ0) is 14.3. The Balaban J connectivity index is 4.97. The molecule has 0 spiro atoms. The van der Waals surface area contributed by atoms with Crippen LogP contribution in [0.25, 0.3) is 0 Å². The standard InChI is InChI=1S/C13H30O4Si/c1-9-13(8)17-18(14-10(2)3,15-11(4)5)16-12(6)7/h10-13H,9H2,1-8H3. The molecule has 0 bridgehead atoms. The van der Waals surface area contributed by atoms with Crippen LogP contribution >= 0.6 is 0 Å². The van der Waals surface area contributed by atoms with Gasteiger partial charge in [-0.25, -0.2) is 0 Å².